The highest BCUT2D eigenvalue weighted by atomic mass is 79.9. The van der Waals surface area contributed by atoms with E-state index in [4.69, 9.17) is 4.74 Å². The molecule has 2 nitrogen and oxygen atoms in total. The smallest absolute Gasteiger partial charge is 0.302 e. The van der Waals surface area contributed by atoms with Gasteiger partial charge in [-0.25, -0.2) is 0 Å². The number of carbonyl (C=O) groups is 1. The first kappa shape index (κ1) is 26.5. The number of halogens is 2. The number of rotatable bonds is 6. The Morgan fingerprint density at radius 3 is 2.42 bits per heavy atom. The van der Waals surface area contributed by atoms with Gasteiger partial charge in [0, 0.05) is 22.5 Å². The lowest BCUT2D eigenvalue weighted by molar-refractivity contribution is -0.155. The van der Waals surface area contributed by atoms with E-state index in [-0.39, 0.29) is 21.8 Å². The van der Waals surface area contributed by atoms with Gasteiger partial charge in [-0.2, -0.15) is 0 Å². The topological polar surface area (TPSA) is 26.3 Å². The zero-order valence-electron chi connectivity index (χ0n) is 22.0. The van der Waals surface area contributed by atoms with Crippen molar-refractivity contribution in [1.82, 2.24) is 0 Å². The van der Waals surface area contributed by atoms with Gasteiger partial charge >= 0.3 is 5.97 Å². The van der Waals surface area contributed by atoms with Crippen molar-refractivity contribution in [2.75, 3.05) is 0 Å². The summed E-state index contributed by atoms with van der Waals surface area (Å²) < 4.78 is 5.74. The third-order valence-corrected chi connectivity index (χ3v) is 14.8. The first-order chi connectivity index (χ1) is 15.4. The fourth-order valence-corrected chi connectivity index (χ4v) is 11.7. The van der Waals surface area contributed by atoms with Crippen molar-refractivity contribution in [1.29, 1.82) is 0 Å². The van der Waals surface area contributed by atoms with Crippen molar-refractivity contribution in [2.45, 2.75) is 127 Å². The molecule has 10 atom stereocenters. The van der Waals surface area contributed by atoms with Crippen LogP contribution < -0.4 is 0 Å². The summed E-state index contributed by atoms with van der Waals surface area (Å²) in [5, 5.41) is 0. The van der Waals surface area contributed by atoms with Crippen LogP contribution in [-0.4, -0.2) is 21.2 Å². The van der Waals surface area contributed by atoms with Crippen LogP contribution in [0.4, 0.5) is 0 Å². The molecule has 0 amide bonds. The van der Waals surface area contributed by atoms with Crippen LogP contribution in [0, 0.1) is 46.3 Å². The molecule has 4 aliphatic carbocycles. The van der Waals surface area contributed by atoms with Gasteiger partial charge in [0.1, 0.15) is 6.10 Å². The van der Waals surface area contributed by atoms with E-state index < -0.39 is 0 Å². The van der Waals surface area contributed by atoms with Crippen LogP contribution >= 0.6 is 31.9 Å². The van der Waals surface area contributed by atoms with Gasteiger partial charge in [-0.1, -0.05) is 85.7 Å². The molecule has 0 aromatic rings. The molecule has 4 heteroatoms. The van der Waals surface area contributed by atoms with E-state index in [1.807, 2.05) is 0 Å². The fraction of sp³-hybridized carbons (Fsp3) is 0.966. The lowest BCUT2D eigenvalue weighted by Gasteiger charge is -2.66. The summed E-state index contributed by atoms with van der Waals surface area (Å²) >= 11 is 8.51. The third kappa shape index (κ3) is 4.53. The maximum Gasteiger partial charge on any atom is 0.302 e. The number of hydrogen-bond acceptors (Lipinski definition) is 2. The molecule has 0 saturated heterocycles. The zero-order valence-corrected chi connectivity index (χ0v) is 25.1. The summed E-state index contributed by atoms with van der Waals surface area (Å²) in [7, 11) is 0. The van der Waals surface area contributed by atoms with Crippen LogP contribution in [0.1, 0.15) is 112 Å². The largest absolute Gasteiger partial charge is 0.463 e. The molecule has 0 heterocycles. The van der Waals surface area contributed by atoms with Gasteiger partial charge in [0.05, 0.1) is 0 Å². The minimum absolute atomic E-state index is 0.0232. The number of alkyl halides is 2. The van der Waals surface area contributed by atoms with E-state index in [1.165, 1.54) is 51.4 Å². The molecule has 190 valence electrons. The third-order valence-electron chi connectivity index (χ3n) is 11.2. The van der Waals surface area contributed by atoms with Crippen molar-refractivity contribution < 1.29 is 9.53 Å². The quantitative estimate of drug-likeness (QED) is 0.229. The Balaban J connectivity index is 1.51. The van der Waals surface area contributed by atoms with Crippen LogP contribution in [0.25, 0.3) is 0 Å². The highest BCUT2D eigenvalue weighted by molar-refractivity contribution is 9.12. The summed E-state index contributed by atoms with van der Waals surface area (Å²) in [5.74, 6) is 4.98. The Hall–Kier alpha value is 0.430. The minimum Gasteiger partial charge on any atom is -0.463 e. The Bertz CT molecular complexity index is 724. The van der Waals surface area contributed by atoms with E-state index in [0.717, 1.165) is 54.8 Å². The van der Waals surface area contributed by atoms with Gasteiger partial charge in [0.15, 0.2) is 0 Å². The summed E-state index contributed by atoms with van der Waals surface area (Å²) in [6.07, 6.45) is 14.3. The molecule has 4 rings (SSSR count). The standard InChI is InChI=1S/C29H48Br2O2/c1-18(2)8-7-9-19(3)23-10-11-24-22-16-26(30)29(31)17-21(33-20(4)32)12-15-28(29,6)25(22)13-14-27(23,24)5/h18-19,21-26H,7-17H2,1-6H3/t19-,21+,22+,23-,24+,25+,26?,27-,28-,29?/m1/s1. The molecule has 2 unspecified atom stereocenters. The molecular formula is C29H48Br2O2. The molecule has 0 bridgehead atoms. The molecular weight excluding hydrogens is 540 g/mol. The summed E-state index contributed by atoms with van der Waals surface area (Å²) in [4.78, 5) is 12.1. The molecule has 4 saturated carbocycles. The second-order valence-electron chi connectivity index (χ2n) is 13.4. The maximum absolute atomic E-state index is 11.7. The molecule has 0 aromatic carbocycles. The van der Waals surface area contributed by atoms with E-state index >= 15 is 0 Å². The zero-order chi connectivity index (χ0) is 24.2. The van der Waals surface area contributed by atoms with Gasteiger partial charge < -0.3 is 4.74 Å². The van der Waals surface area contributed by atoms with Crippen LogP contribution in [0.3, 0.4) is 0 Å². The molecule has 4 fully saturated rings. The van der Waals surface area contributed by atoms with Crippen molar-refractivity contribution in [3.63, 3.8) is 0 Å². The maximum atomic E-state index is 11.7. The van der Waals surface area contributed by atoms with Crippen LogP contribution in [-0.2, 0) is 9.53 Å². The first-order valence-corrected chi connectivity index (χ1v) is 15.6. The van der Waals surface area contributed by atoms with Crippen molar-refractivity contribution in [3.05, 3.63) is 0 Å². The Labute approximate surface area is 220 Å². The minimum atomic E-state index is -0.132. The number of hydrogen-bond donors (Lipinski definition) is 0. The first-order valence-electron chi connectivity index (χ1n) is 13.9. The van der Waals surface area contributed by atoms with Crippen LogP contribution in [0.15, 0.2) is 0 Å². The van der Waals surface area contributed by atoms with E-state index in [0.29, 0.717) is 10.2 Å². The summed E-state index contributed by atoms with van der Waals surface area (Å²) in [5.41, 5.74) is 0.797. The molecule has 0 N–H and O–H groups in total. The van der Waals surface area contributed by atoms with E-state index in [9.17, 15) is 4.79 Å². The lowest BCUT2D eigenvalue weighted by atomic mass is 9.44. The average molecular weight is 589 g/mol. The second kappa shape index (κ2) is 9.71. The molecule has 33 heavy (non-hydrogen) atoms. The normalized spacial score (nSPS) is 48.0. The summed E-state index contributed by atoms with van der Waals surface area (Å²) in [6.45, 7) is 14.1. The van der Waals surface area contributed by atoms with Crippen molar-refractivity contribution in [2.24, 2.45) is 46.3 Å². The summed E-state index contributed by atoms with van der Waals surface area (Å²) in [6, 6.07) is 0. The van der Waals surface area contributed by atoms with Crippen LogP contribution in [0.2, 0.25) is 0 Å². The average Bonchev–Trinajstić information content (AvgIpc) is 3.07. The molecule has 0 spiro atoms. The van der Waals surface area contributed by atoms with Gasteiger partial charge in [0.2, 0.25) is 0 Å². The highest BCUT2D eigenvalue weighted by Crippen LogP contribution is 2.71. The molecule has 0 radical (unpaired) electrons. The number of fused-ring (bicyclic) bond motifs is 5. The van der Waals surface area contributed by atoms with E-state index in [2.05, 4.69) is 66.5 Å². The molecule has 4 aliphatic rings. The predicted octanol–water partition coefficient (Wildman–Crippen LogP) is 8.93. The van der Waals surface area contributed by atoms with Gasteiger partial charge in [0.25, 0.3) is 0 Å². The van der Waals surface area contributed by atoms with Crippen molar-refractivity contribution >= 4 is 37.8 Å². The molecule has 0 aromatic heterocycles. The number of carbonyl (C=O) groups excluding carboxylic acids is 1. The van der Waals surface area contributed by atoms with Gasteiger partial charge in [-0.05, 0) is 91.3 Å². The monoisotopic (exact) mass is 586 g/mol. The van der Waals surface area contributed by atoms with E-state index in [1.54, 1.807) is 6.92 Å². The second-order valence-corrected chi connectivity index (χ2v) is 15.9. The van der Waals surface area contributed by atoms with Gasteiger partial charge in [-0.15, -0.1) is 0 Å². The lowest BCUT2D eigenvalue weighted by Crippen LogP contribution is -2.64. The number of esters is 1. The Kier molecular flexibility index (Phi) is 7.80. The fourth-order valence-electron chi connectivity index (χ4n) is 9.51. The van der Waals surface area contributed by atoms with Crippen molar-refractivity contribution in [3.8, 4) is 0 Å². The van der Waals surface area contributed by atoms with Crippen LogP contribution in [0.5, 0.6) is 0 Å². The Morgan fingerprint density at radius 2 is 1.76 bits per heavy atom. The SMILES string of the molecule is CC(=O)O[C@H]1CC[C@]2(C)[C@H]3CC[C@]4(C)[C@@H]([C@H](C)CCCC(C)C)CC[C@H]4[C@@H]3CC(Br)C2(Br)C1. The van der Waals surface area contributed by atoms with Gasteiger partial charge in [-0.3, -0.25) is 4.79 Å². The highest BCUT2D eigenvalue weighted by Gasteiger charge is 2.67. The number of ether oxygens (including phenoxy) is 1. The molecule has 0 aliphatic heterocycles. The Morgan fingerprint density at radius 1 is 1.03 bits per heavy atom. The predicted molar refractivity (Wildman–Crippen MR) is 145 cm³/mol.